The number of nitro benzene ring substituents is 1. The Balaban J connectivity index is 2.08. The monoisotopic (exact) mass is 437 g/mol. The first-order valence-electron chi connectivity index (χ1n) is 7.59. The van der Waals surface area contributed by atoms with Crippen LogP contribution in [0.15, 0.2) is 46.9 Å². The van der Waals surface area contributed by atoms with Gasteiger partial charge < -0.3 is 10.1 Å². The van der Waals surface area contributed by atoms with E-state index in [2.05, 4.69) is 26.6 Å². The van der Waals surface area contributed by atoms with Gasteiger partial charge in [0.15, 0.2) is 5.11 Å². The second-order valence-corrected chi connectivity index (χ2v) is 6.84. The molecule has 0 spiro atoms. The van der Waals surface area contributed by atoms with Crippen molar-refractivity contribution in [1.29, 1.82) is 0 Å². The van der Waals surface area contributed by atoms with Crippen LogP contribution in [0.2, 0.25) is 0 Å². The molecule has 0 fully saturated rings. The van der Waals surface area contributed by atoms with E-state index < -0.39 is 10.8 Å². The van der Waals surface area contributed by atoms with E-state index in [9.17, 15) is 14.9 Å². The van der Waals surface area contributed by atoms with Crippen LogP contribution in [0.5, 0.6) is 5.75 Å². The molecule has 0 aliphatic rings. The smallest absolute Gasteiger partial charge is 0.269 e. The maximum Gasteiger partial charge on any atom is 0.269 e. The van der Waals surface area contributed by atoms with E-state index in [1.165, 1.54) is 24.3 Å². The van der Waals surface area contributed by atoms with Gasteiger partial charge in [-0.2, -0.15) is 0 Å². The summed E-state index contributed by atoms with van der Waals surface area (Å²) in [4.78, 5) is 22.7. The molecule has 0 saturated carbocycles. The Morgan fingerprint density at radius 1 is 1.23 bits per heavy atom. The van der Waals surface area contributed by atoms with E-state index in [-0.39, 0.29) is 16.9 Å². The molecule has 0 unspecified atom stereocenters. The van der Waals surface area contributed by atoms with Crippen molar-refractivity contribution in [3.63, 3.8) is 0 Å². The molecule has 0 aromatic heterocycles. The Labute approximate surface area is 164 Å². The lowest BCUT2D eigenvalue weighted by atomic mass is 10.2. The molecular weight excluding hydrogens is 422 g/mol. The third kappa shape index (κ3) is 5.50. The summed E-state index contributed by atoms with van der Waals surface area (Å²) in [6.07, 6.45) is -0.0899. The number of amides is 1. The van der Waals surface area contributed by atoms with Crippen LogP contribution >= 0.6 is 28.1 Å². The minimum atomic E-state index is -0.493. The summed E-state index contributed by atoms with van der Waals surface area (Å²) in [7, 11) is 0. The largest absolute Gasteiger partial charge is 0.490 e. The van der Waals surface area contributed by atoms with Crippen molar-refractivity contribution in [2.45, 2.75) is 20.0 Å². The molecule has 0 aliphatic carbocycles. The average Bonchev–Trinajstić information content (AvgIpc) is 2.56. The summed E-state index contributed by atoms with van der Waals surface area (Å²) < 4.78 is 6.38. The minimum Gasteiger partial charge on any atom is -0.490 e. The van der Waals surface area contributed by atoms with Crippen LogP contribution in [0, 0.1) is 10.1 Å². The molecule has 7 nitrogen and oxygen atoms in total. The van der Waals surface area contributed by atoms with Gasteiger partial charge in [0.1, 0.15) is 5.75 Å². The highest BCUT2D eigenvalue weighted by molar-refractivity contribution is 9.10. The molecule has 1 amide bonds. The molecule has 9 heteroatoms. The van der Waals surface area contributed by atoms with E-state index in [0.717, 1.165) is 4.47 Å². The lowest BCUT2D eigenvalue weighted by Gasteiger charge is -2.15. The normalized spacial score (nSPS) is 10.3. The summed E-state index contributed by atoms with van der Waals surface area (Å²) >= 11 is 8.46. The van der Waals surface area contributed by atoms with Crippen LogP contribution in [-0.2, 0) is 0 Å². The molecule has 0 bridgehead atoms. The molecule has 2 aromatic rings. The van der Waals surface area contributed by atoms with Gasteiger partial charge in [0.2, 0.25) is 0 Å². The van der Waals surface area contributed by atoms with Crippen LogP contribution in [0.25, 0.3) is 0 Å². The second kappa shape index (κ2) is 8.72. The number of nitro groups is 1. The molecule has 0 radical (unpaired) electrons. The maximum atomic E-state index is 12.5. The Hall–Kier alpha value is -2.52. The number of nitrogens with zero attached hydrogens (tertiary/aromatic N) is 1. The van der Waals surface area contributed by atoms with Crippen molar-refractivity contribution in [3.05, 3.63) is 62.6 Å². The summed E-state index contributed by atoms with van der Waals surface area (Å²) in [5.74, 6) is 0.0141. The number of carbonyl (C=O) groups excluding carboxylic acids is 1. The van der Waals surface area contributed by atoms with Gasteiger partial charge >= 0.3 is 0 Å². The van der Waals surface area contributed by atoms with Crippen molar-refractivity contribution in [2.75, 3.05) is 5.32 Å². The average molecular weight is 438 g/mol. The molecule has 2 rings (SSSR count). The summed E-state index contributed by atoms with van der Waals surface area (Å²) in [6.45, 7) is 3.73. The standard InChI is InChI=1S/C17H16BrN3O4S/c1-10(2)25-15-8-3-11(18)9-14(15)16(22)20-17(26)19-12-4-6-13(7-5-12)21(23)24/h3-10H,1-2H3,(H2,19,20,22,26). The zero-order valence-corrected chi connectivity index (χ0v) is 16.4. The van der Waals surface area contributed by atoms with Gasteiger partial charge in [-0.05, 0) is 56.4 Å². The zero-order chi connectivity index (χ0) is 19.3. The first-order chi connectivity index (χ1) is 12.3. The zero-order valence-electron chi connectivity index (χ0n) is 14.0. The summed E-state index contributed by atoms with van der Waals surface area (Å²) in [5, 5.41) is 16.1. The van der Waals surface area contributed by atoms with Gasteiger partial charge in [0.05, 0.1) is 16.6 Å². The highest BCUT2D eigenvalue weighted by Crippen LogP contribution is 2.24. The van der Waals surface area contributed by atoms with Crippen LogP contribution in [0.1, 0.15) is 24.2 Å². The van der Waals surface area contributed by atoms with Gasteiger partial charge in [-0.25, -0.2) is 0 Å². The first kappa shape index (κ1) is 19.8. The number of non-ortho nitro benzene ring substituents is 1. The molecular formula is C17H16BrN3O4S. The predicted octanol–water partition coefficient (Wildman–Crippen LogP) is 4.27. The number of hydrogen-bond acceptors (Lipinski definition) is 5. The number of nitrogens with one attached hydrogen (secondary N) is 2. The number of thiocarbonyl (C=S) groups is 1. The molecule has 26 heavy (non-hydrogen) atoms. The predicted molar refractivity (Wildman–Crippen MR) is 107 cm³/mol. The van der Waals surface area contributed by atoms with Crippen LogP contribution < -0.4 is 15.4 Å². The third-order valence-corrected chi connectivity index (χ3v) is 3.81. The SMILES string of the molecule is CC(C)Oc1ccc(Br)cc1C(=O)NC(=S)Nc1ccc([N+](=O)[O-])cc1. The van der Waals surface area contributed by atoms with E-state index in [4.69, 9.17) is 17.0 Å². The number of rotatable bonds is 5. The molecule has 0 aliphatic heterocycles. The van der Waals surface area contributed by atoms with Crippen molar-refractivity contribution in [2.24, 2.45) is 0 Å². The van der Waals surface area contributed by atoms with Gasteiger partial charge in [-0.3, -0.25) is 20.2 Å². The highest BCUT2D eigenvalue weighted by atomic mass is 79.9. The van der Waals surface area contributed by atoms with Crippen molar-refractivity contribution < 1.29 is 14.5 Å². The highest BCUT2D eigenvalue weighted by Gasteiger charge is 2.16. The number of carbonyl (C=O) groups is 1. The lowest BCUT2D eigenvalue weighted by Crippen LogP contribution is -2.34. The van der Waals surface area contributed by atoms with E-state index in [0.29, 0.717) is 17.0 Å². The second-order valence-electron chi connectivity index (χ2n) is 5.52. The maximum absolute atomic E-state index is 12.5. The molecule has 0 saturated heterocycles. The van der Waals surface area contributed by atoms with Gasteiger partial charge in [0, 0.05) is 22.3 Å². The van der Waals surface area contributed by atoms with E-state index in [1.54, 1.807) is 18.2 Å². The number of halogens is 1. The van der Waals surface area contributed by atoms with Crippen LogP contribution in [0.3, 0.4) is 0 Å². The molecule has 136 valence electrons. The van der Waals surface area contributed by atoms with Gasteiger partial charge in [-0.15, -0.1) is 0 Å². The number of hydrogen-bond donors (Lipinski definition) is 2. The molecule has 2 N–H and O–H groups in total. The Bertz CT molecular complexity index is 840. The number of ether oxygens (including phenoxy) is 1. The third-order valence-electron chi connectivity index (χ3n) is 3.11. The van der Waals surface area contributed by atoms with Crippen molar-refractivity contribution >= 4 is 50.5 Å². The first-order valence-corrected chi connectivity index (χ1v) is 8.79. The summed E-state index contributed by atoms with van der Waals surface area (Å²) in [6, 6.07) is 10.8. The van der Waals surface area contributed by atoms with E-state index in [1.807, 2.05) is 13.8 Å². The van der Waals surface area contributed by atoms with Crippen molar-refractivity contribution in [1.82, 2.24) is 5.32 Å². The fourth-order valence-electron chi connectivity index (χ4n) is 2.04. The topological polar surface area (TPSA) is 93.5 Å². The Morgan fingerprint density at radius 2 is 1.88 bits per heavy atom. The summed E-state index contributed by atoms with van der Waals surface area (Å²) in [5.41, 5.74) is 0.824. The Morgan fingerprint density at radius 3 is 2.46 bits per heavy atom. The number of benzene rings is 2. The van der Waals surface area contributed by atoms with Gasteiger partial charge in [-0.1, -0.05) is 15.9 Å². The molecule has 0 atom stereocenters. The fourth-order valence-corrected chi connectivity index (χ4v) is 2.61. The van der Waals surface area contributed by atoms with Crippen LogP contribution in [0.4, 0.5) is 11.4 Å². The van der Waals surface area contributed by atoms with Gasteiger partial charge in [0.25, 0.3) is 11.6 Å². The quantitative estimate of drug-likeness (QED) is 0.412. The fraction of sp³-hybridized carbons (Fsp3) is 0.176. The lowest BCUT2D eigenvalue weighted by molar-refractivity contribution is -0.384. The minimum absolute atomic E-state index is 0.0323. The van der Waals surface area contributed by atoms with Crippen molar-refractivity contribution in [3.8, 4) is 5.75 Å². The molecule has 0 heterocycles. The molecule has 2 aromatic carbocycles. The van der Waals surface area contributed by atoms with Crippen LogP contribution in [-0.4, -0.2) is 22.0 Å². The number of anilines is 1. The Kier molecular flexibility index (Phi) is 6.64. The van der Waals surface area contributed by atoms with E-state index >= 15 is 0 Å².